The molecular weight excluding hydrogens is 1370 g/mol. The summed E-state index contributed by atoms with van der Waals surface area (Å²) in [5.41, 5.74) is 3.59. The van der Waals surface area contributed by atoms with Crippen molar-refractivity contribution < 1.29 is 118 Å². The fourth-order valence-electron chi connectivity index (χ4n) is 12.8. The molecule has 0 radical (unpaired) electrons. The van der Waals surface area contributed by atoms with Crippen molar-refractivity contribution in [1.82, 2.24) is 37.2 Å². The molecule has 7 aliphatic heterocycles. The molecule has 11 bridgehead atoms. The van der Waals surface area contributed by atoms with Crippen LogP contribution in [0, 0.1) is 11.8 Å². The summed E-state index contributed by atoms with van der Waals surface area (Å²) in [5.74, 6) is -15.2. The number of rotatable bonds is 13. The molecule has 19 N–H and O–H groups in total. The molecule has 8 aliphatic rings. The molecule has 11 unspecified atom stereocenters. The van der Waals surface area contributed by atoms with Gasteiger partial charge in [-0.1, -0.05) is 62.2 Å². The summed E-state index contributed by atoms with van der Waals surface area (Å²) in [5, 5.41) is 129. The average Bonchev–Trinajstić information content (AvgIpc) is 1.17. The summed E-state index contributed by atoms with van der Waals surface area (Å²) in [4.78, 5) is 118. The first-order chi connectivity index (χ1) is 47.8. The number of phenols is 3. The molecule has 0 spiro atoms. The molecule has 4 aromatic carbocycles. The van der Waals surface area contributed by atoms with Crippen LogP contribution >= 0.6 is 23.2 Å². The number of aromatic hydroxyl groups is 3. The van der Waals surface area contributed by atoms with Crippen LogP contribution < -0.4 is 57.2 Å². The number of amides is 7. The van der Waals surface area contributed by atoms with Gasteiger partial charge in [-0.25, -0.2) is 4.79 Å². The lowest BCUT2D eigenvalue weighted by atomic mass is 9.89. The van der Waals surface area contributed by atoms with Crippen LogP contribution in [0.4, 0.5) is 0 Å². The van der Waals surface area contributed by atoms with Gasteiger partial charge in [0.05, 0.1) is 47.4 Å². The Morgan fingerprint density at radius 3 is 2.10 bits per heavy atom. The lowest BCUT2D eigenvalue weighted by molar-refractivity contribution is -0.277. The van der Waals surface area contributed by atoms with Crippen molar-refractivity contribution in [2.45, 2.75) is 170 Å². The van der Waals surface area contributed by atoms with Gasteiger partial charge in [0, 0.05) is 42.0 Å². The second-order valence-corrected chi connectivity index (χ2v) is 26.8. The number of aliphatic carboxylic acids is 1. The van der Waals surface area contributed by atoms with Gasteiger partial charge < -0.3 is 122 Å². The Kier molecular flexibility index (Phi) is 23.1. The zero-order valence-corrected chi connectivity index (χ0v) is 56.3. The molecule has 7 amide bonds. The van der Waals surface area contributed by atoms with Crippen LogP contribution in [-0.2, 0) is 52.6 Å². The van der Waals surface area contributed by atoms with Crippen molar-refractivity contribution in [3.8, 4) is 51.4 Å². The van der Waals surface area contributed by atoms with Gasteiger partial charge in [0.1, 0.15) is 89.8 Å². The summed E-state index contributed by atoms with van der Waals surface area (Å²) < 4.78 is 38.3. The third-order valence-corrected chi connectivity index (χ3v) is 18.8. The summed E-state index contributed by atoms with van der Waals surface area (Å²) >= 11 is 14.3. The highest BCUT2D eigenvalue weighted by molar-refractivity contribution is 6.32. The number of primary amides is 1. The Balaban J connectivity index is 1.24. The normalized spacial score (nSPS) is 30.4. The van der Waals surface area contributed by atoms with Crippen molar-refractivity contribution >= 4 is 70.5 Å². The molecule has 1 aliphatic carbocycles. The Labute approximate surface area is 586 Å². The highest BCUT2D eigenvalue weighted by Gasteiger charge is 2.47. The van der Waals surface area contributed by atoms with Crippen molar-refractivity contribution in [2.75, 3.05) is 13.7 Å². The van der Waals surface area contributed by atoms with Gasteiger partial charge in [0.15, 0.2) is 23.8 Å². The van der Waals surface area contributed by atoms with E-state index in [-0.39, 0.29) is 57.7 Å². The number of benzene rings is 4. The number of aliphatic hydroxyl groups is 6. The third-order valence-electron chi connectivity index (χ3n) is 18.2. The lowest BCUT2D eigenvalue weighted by Crippen LogP contribution is -2.61. The van der Waals surface area contributed by atoms with Crippen LogP contribution in [0.5, 0.6) is 40.2 Å². The Morgan fingerprint density at radius 1 is 0.743 bits per heavy atom. The Bertz CT molecular complexity index is 3940. The smallest absolute Gasteiger partial charge is 0.330 e. The number of halogens is 2. The largest absolute Gasteiger partial charge is 0.508 e. The standard InChI is InChI=1S/C67H78Cl2N8O24/c1-24(2)12-36(71-5)60(88)77-53-55(84)29-8-11-42(35(69)16-29)98-45-18-30-17-44(59(45)101-67-58(87)57(86)56(85)46(23-78)100-67)97-41-10-7-27(15-34(41)68)43(99-48-13-25(3)54(83)26(4)96-48)21-37-61(89)76-52(66(94)95)33-19-31(79)20-40(81)49(33)32-14-28(6-9-39(32)80)50(63(91)72-37)75-64(92)51(30)74-62(90)38(22-47(70)82)73-65(53)93/h6-10,14-20,24-26,36-38,42-43,46,48,50-58,67,71,78-81,83-87H,11-13,21-23H2,1-5H3,(H2,70,82)(H,72,91)(H,73,93)(H,74,90)(H,75,92)(H,76,89)(H,77,88)(H,94,95)/t25-,26?,36-,37-,38+,42?,43+,46?,48?,50?,51-,52+,53-,54?,55?,56?,57?,58?,67?/m1/s1. The number of carbonyl (C=O) groups is 8. The zero-order chi connectivity index (χ0) is 73.3. The van der Waals surface area contributed by atoms with E-state index in [2.05, 4.69) is 37.2 Å². The molecule has 544 valence electrons. The van der Waals surface area contributed by atoms with Crippen molar-refractivity contribution in [1.29, 1.82) is 0 Å². The second-order valence-electron chi connectivity index (χ2n) is 25.9. The summed E-state index contributed by atoms with van der Waals surface area (Å²) in [6.45, 7) is 6.03. The molecule has 101 heavy (non-hydrogen) atoms. The molecule has 32 nitrogen and oxygen atoms in total. The maximum absolute atomic E-state index is 16.1. The number of carboxylic acid groups (broad SMARTS) is 1. The summed E-state index contributed by atoms with van der Waals surface area (Å²) in [7, 11) is 1.48. The molecule has 12 rings (SSSR count). The number of hydrogen-bond donors (Lipinski definition) is 18. The number of ether oxygens (including phenoxy) is 6. The Morgan fingerprint density at radius 2 is 1.44 bits per heavy atom. The van der Waals surface area contributed by atoms with E-state index in [4.69, 9.17) is 57.4 Å². The van der Waals surface area contributed by atoms with Gasteiger partial charge in [-0.05, 0) is 103 Å². The van der Waals surface area contributed by atoms with Crippen molar-refractivity contribution in [3.05, 3.63) is 111 Å². The minimum Gasteiger partial charge on any atom is -0.508 e. The second kappa shape index (κ2) is 31.1. The number of hydrogen-bond acceptors (Lipinski definition) is 24. The van der Waals surface area contributed by atoms with Crippen LogP contribution in [-0.4, -0.2) is 198 Å². The quantitative estimate of drug-likeness (QED) is 0.0866. The van der Waals surface area contributed by atoms with Gasteiger partial charge in [-0.15, -0.1) is 0 Å². The zero-order valence-electron chi connectivity index (χ0n) is 54.7. The van der Waals surface area contributed by atoms with E-state index >= 15 is 19.2 Å². The number of likely N-dealkylation sites (N-methyl/N-ethyl adjacent to an activating group) is 1. The molecule has 2 fully saturated rings. The molecule has 2 saturated heterocycles. The van der Waals surface area contributed by atoms with Gasteiger partial charge in [-0.3, -0.25) is 33.6 Å². The fourth-order valence-corrected chi connectivity index (χ4v) is 13.3. The number of phenolic OH excluding ortho intramolecular Hbond substituents is 3. The predicted molar refractivity (Wildman–Crippen MR) is 351 cm³/mol. The van der Waals surface area contributed by atoms with Crippen LogP contribution in [0.2, 0.25) is 5.02 Å². The highest BCUT2D eigenvalue weighted by Crippen LogP contribution is 2.49. The monoisotopic (exact) mass is 1450 g/mol. The van der Waals surface area contributed by atoms with E-state index in [1.54, 1.807) is 13.8 Å². The summed E-state index contributed by atoms with van der Waals surface area (Å²) in [6.07, 6.45) is -16.7. The van der Waals surface area contributed by atoms with Crippen LogP contribution in [0.15, 0.2) is 83.4 Å². The molecule has 7 heterocycles. The number of aliphatic hydroxyl groups excluding tert-OH is 6. The van der Waals surface area contributed by atoms with Gasteiger partial charge in [-0.2, -0.15) is 0 Å². The average molecular weight is 1450 g/mol. The van der Waals surface area contributed by atoms with Gasteiger partial charge in [0.2, 0.25) is 53.4 Å². The minimum atomic E-state index is -2.30. The van der Waals surface area contributed by atoms with Crippen LogP contribution in [0.3, 0.4) is 0 Å². The first-order valence-electron chi connectivity index (χ1n) is 32.3. The maximum atomic E-state index is 16.1. The molecule has 4 aromatic rings. The summed E-state index contributed by atoms with van der Waals surface area (Å²) in [6, 6.07) is -2.69. The van der Waals surface area contributed by atoms with Gasteiger partial charge >= 0.3 is 5.97 Å². The van der Waals surface area contributed by atoms with Crippen molar-refractivity contribution in [3.63, 3.8) is 0 Å². The van der Waals surface area contributed by atoms with E-state index in [0.717, 1.165) is 42.5 Å². The van der Waals surface area contributed by atoms with Gasteiger partial charge in [0.25, 0.3) is 0 Å². The molecule has 0 aromatic heterocycles. The molecule has 0 saturated carbocycles. The van der Waals surface area contributed by atoms with E-state index in [1.165, 1.54) is 37.4 Å². The Hall–Kier alpha value is -8.90. The molecule has 34 heteroatoms. The first-order valence-corrected chi connectivity index (χ1v) is 33.0. The van der Waals surface area contributed by atoms with Crippen LogP contribution in [0.25, 0.3) is 11.1 Å². The van der Waals surface area contributed by atoms with Crippen LogP contribution in [0.1, 0.15) is 106 Å². The number of fused-ring (bicyclic) bond motifs is 15. The molecule has 19 atom stereocenters. The molecular formula is C67H78Cl2N8O24. The lowest BCUT2D eigenvalue weighted by Gasteiger charge is -2.40. The predicted octanol–water partition coefficient (Wildman–Crippen LogP) is 0.497. The van der Waals surface area contributed by atoms with E-state index in [9.17, 15) is 70.2 Å². The first kappa shape index (κ1) is 74.8. The minimum absolute atomic E-state index is 0.0452. The fraction of sp³-hybridized carbons (Fsp3) is 0.463. The number of carbonyl (C=O) groups excluding carboxylic acids is 7. The number of carboxylic acids is 1. The SMILES string of the molecule is CN[C@H](CC(C)C)C(=O)N[C@H]1C(=O)N[C@@H](CC(N)=O)C(=O)N[C@H]2C(=O)NC3C(=O)N[C@H](C[C@H](OC4C[C@@H](C)C(O)C(C)O4)c4ccc(c(Cl)c4)Oc4cc2cc(c4OC2OC(CO)C(O)C(O)C2O)OC2CC=C(C=C2Cl)C1O)C(=O)N[C@H](C(=O)O)c1cc(O)cc(O)c1-c1cc3ccc1O. The number of nitrogens with one attached hydrogen (secondary N) is 7. The maximum Gasteiger partial charge on any atom is 0.330 e. The third kappa shape index (κ3) is 16.4. The van der Waals surface area contributed by atoms with E-state index < -0.39 is 239 Å². The topological polar surface area (TPSA) is 504 Å². The van der Waals surface area contributed by atoms with E-state index in [1.807, 2.05) is 13.8 Å². The van der Waals surface area contributed by atoms with Crippen molar-refractivity contribution in [2.24, 2.45) is 17.6 Å². The van der Waals surface area contributed by atoms with E-state index in [0.29, 0.717) is 0 Å². The number of nitrogens with two attached hydrogens (primary N) is 1. The highest BCUT2D eigenvalue weighted by atomic mass is 35.5.